The van der Waals surface area contributed by atoms with Crippen molar-refractivity contribution in [2.45, 2.75) is 25.3 Å². The van der Waals surface area contributed by atoms with Crippen molar-refractivity contribution in [1.29, 1.82) is 0 Å². The van der Waals surface area contributed by atoms with Crippen molar-refractivity contribution in [3.63, 3.8) is 0 Å². The standard InChI is InChI=1S/C33H31Cl2N5O3/c34-25-7-4-21(5-8-25)14-15-36-32(42)23-6-13-30(28(17-23)38-33(43)37-27-11-9-26(35)10-12-27)39-18-22-16-24(20-39)29-2-1-3-31(41)40(29)19-22/h1-13,17,22,24H,14-16,18-20H2,(H,36,42)(H2,37,38,43). The number of anilines is 3. The van der Waals surface area contributed by atoms with Crippen LogP contribution < -0.4 is 26.4 Å². The maximum absolute atomic E-state index is 13.1. The number of aromatic nitrogens is 1. The van der Waals surface area contributed by atoms with Crippen LogP contribution in [0.5, 0.6) is 0 Å². The van der Waals surface area contributed by atoms with Gasteiger partial charge in [-0.3, -0.25) is 9.59 Å². The summed E-state index contributed by atoms with van der Waals surface area (Å²) in [6, 6.07) is 24.8. The molecule has 43 heavy (non-hydrogen) atoms. The fourth-order valence-corrected chi connectivity index (χ4v) is 6.29. The van der Waals surface area contributed by atoms with Crippen LogP contribution in [0.25, 0.3) is 0 Å². The summed E-state index contributed by atoms with van der Waals surface area (Å²) in [6.45, 7) is 2.55. The highest BCUT2D eigenvalue weighted by atomic mass is 35.5. The lowest BCUT2D eigenvalue weighted by molar-refractivity contribution is 0.0954. The van der Waals surface area contributed by atoms with E-state index in [1.54, 1.807) is 42.5 Å². The van der Waals surface area contributed by atoms with Crippen LogP contribution in [-0.2, 0) is 13.0 Å². The van der Waals surface area contributed by atoms with Crippen LogP contribution >= 0.6 is 23.2 Å². The molecule has 6 rings (SSSR count). The summed E-state index contributed by atoms with van der Waals surface area (Å²) in [4.78, 5) is 41.0. The number of nitrogens with zero attached hydrogens (tertiary/aromatic N) is 2. The minimum Gasteiger partial charge on any atom is -0.369 e. The Morgan fingerprint density at radius 3 is 2.35 bits per heavy atom. The number of fused-ring (bicyclic) bond motifs is 4. The molecule has 0 radical (unpaired) electrons. The second-order valence-corrected chi connectivity index (χ2v) is 11.9. The number of nitrogens with one attached hydrogen (secondary N) is 3. The van der Waals surface area contributed by atoms with Gasteiger partial charge >= 0.3 is 6.03 Å². The van der Waals surface area contributed by atoms with Crippen LogP contribution in [0, 0.1) is 5.92 Å². The quantitative estimate of drug-likeness (QED) is 0.224. The van der Waals surface area contributed by atoms with Gasteiger partial charge in [-0.2, -0.15) is 0 Å². The number of carbonyl (C=O) groups is 2. The van der Waals surface area contributed by atoms with Crippen molar-refractivity contribution < 1.29 is 9.59 Å². The average molecular weight is 617 g/mol. The molecule has 2 bridgehead atoms. The normalized spacial score (nSPS) is 17.1. The van der Waals surface area contributed by atoms with Gasteiger partial charge in [-0.05, 0) is 85.0 Å². The fraction of sp³-hybridized carbons (Fsp3) is 0.242. The Morgan fingerprint density at radius 2 is 1.58 bits per heavy atom. The number of amides is 3. The van der Waals surface area contributed by atoms with E-state index in [1.807, 2.05) is 47.0 Å². The zero-order valence-corrected chi connectivity index (χ0v) is 24.9. The molecule has 10 heteroatoms. The van der Waals surface area contributed by atoms with Crippen LogP contribution in [0.2, 0.25) is 10.0 Å². The summed E-state index contributed by atoms with van der Waals surface area (Å²) in [6.07, 6.45) is 1.67. The van der Waals surface area contributed by atoms with Crippen LogP contribution in [0.15, 0.2) is 89.7 Å². The first-order chi connectivity index (χ1) is 20.8. The van der Waals surface area contributed by atoms with Gasteiger partial charge in [-0.25, -0.2) is 4.79 Å². The predicted octanol–water partition coefficient (Wildman–Crippen LogP) is 6.40. The minimum atomic E-state index is -0.432. The molecule has 2 unspecified atom stereocenters. The van der Waals surface area contributed by atoms with Gasteiger partial charge in [0.25, 0.3) is 11.5 Å². The molecule has 1 aromatic heterocycles. The van der Waals surface area contributed by atoms with E-state index in [4.69, 9.17) is 23.2 Å². The highest BCUT2D eigenvalue weighted by Crippen LogP contribution is 2.39. The third-order valence-electron chi connectivity index (χ3n) is 8.04. The van der Waals surface area contributed by atoms with Crippen molar-refractivity contribution >= 4 is 52.2 Å². The van der Waals surface area contributed by atoms with E-state index in [2.05, 4.69) is 20.9 Å². The van der Waals surface area contributed by atoms with Crippen molar-refractivity contribution in [2.24, 2.45) is 5.92 Å². The Balaban J connectivity index is 1.23. The van der Waals surface area contributed by atoms with Gasteiger partial charge in [-0.15, -0.1) is 0 Å². The topological polar surface area (TPSA) is 95.5 Å². The molecule has 1 fully saturated rings. The van der Waals surface area contributed by atoms with Crippen LogP contribution in [-0.4, -0.2) is 36.1 Å². The van der Waals surface area contributed by atoms with E-state index in [-0.39, 0.29) is 23.3 Å². The Kier molecular flexibility index (Phi) is 8.40. The number of carbonyl (C=O) groups excluding carboxylic acids is 2. The van der Waals surface area contributed by atoms with E-state index >= 15 is 0 Å². The molecule has 2 atom stereocenters. The van der Waals surface area contributed by atoms with Crippen LogP contribution in [0.4, 0.5) is 21.9 Å². The number of pyridine rings is 1. The first-order valence-electron chi connectivity index (χ1n) is 14.3. The number of rotatable bonds is 7. The number of benzene rings is 3. The summed E-state index contributed by atoms with van der Waals surface area (Å²) in [5.41, 5.74) is 4.53. The van der Waals surface area contributed by atoms with Gasteiger partial charge in [0.15, 0.2) is 0 Å². The van der Waals surface area contributed by atoms with Gasteiger partial charge in [0.05, 0.1) is 11.4 Å². The summed E-state index contributed by atoms with van der Waals surface area (Å²) in [5.74, 6) is 0.247. The van der Waals surface area contributed by atoms with Gasteiger partial charge in [0, 0.05) is 65.2 Å². The average Bonchev–Trinajstić information content (AvgIpc) is 3.00. The second-order valence-electron chi connectivity index (χ2n) is 11.1. The van der Waals surface area contributed by atoms with E-state index < -0.39 is 6.03 Å². The van der Waals surface area contributed by atoms with E-state index in [0.717, 1.165) is 29.9 Å². The molecule has 3 N–H and O–H groups in total. The number of halogens is 2. The highest BCUT2D eigenvalue weighted by Gasteiger charge is 2.35. The zero-order chi connectivity index (χ0) is 29.9. The summed E-state index contributed by atoms with van der Waals surface area (Å²) in [5, 5.41) is 10.0. The SMILES string of the molecule is O=C(Nc1ccc(Cl)cc1)Nc1cc(C(=O)NCCc2ccc(Cl)cc2)ccc1N1CC2CC(C1)c1cccc(=O)n1C2. The molecule has 2 aliphatic rings. The van der Waals surface area contributed by atoms with Crippen molar-refractivity contribution in [1.82, 2.24) is 9.88 Å². The zero-order valence-electron chi connectivity index (χ0n) is 23.4. The molecule has 220 valence electrons. The number of urea groups is 1. The molecular weight excluding hydrogens is 585 g/mol. The maximum Gasteiger partial charge on any atom is 0.323 e. The van der Waals surface area contributed by atoms with E-state index in [9.17, 15) is 14.4 Å². The van der Waals surface area contributed by atoms with Gasteiger partial charge in [0.2, 0.25) is 0 Å². The first-order valence-corrected chi connectivity index (χ1v) is 15.0. The molecule has 3 heterocycles. The molecule has 3 amide bonds. The maximum atomic E-state index is 13.1. The second kappa shape index (κ2) is 12.5. The summed E-state index contributed by atoms with van der Waals surface area (Å²) in [7, 11) is 0. The molecule has 1 saturated heterocycles. The number of hydrogen-bond donors (Lipinski definition) is 3. The molecule has 0 spiro atoms. The Morgan fingerprint density at radius 1 is 0.837 bits per heavy atom. The Bertz CT molecular complexity index is 1710. The lowest BCUT2D eigenvalue weighted by atomic mass is 9.83. The molecule has 3 aromatic carbocycles. The highest BCUT2D eigenvalue weighted by molar-refractivity contribution is 6.30. The molecule has 0 saturated carbocycles. The van der Waals surface area contributed by atoms with Crippen LogP contribution in [0.3, 0.4) is 0 Å². The van der Waals surface area contributed by atoms with Gasteiger partial charge in [-0.1, -0.05) is 41.4 Å². The smallest absolute Gasteiger partial charge is 0.323 e. The minimum absolute atomic E-state index is 0.0355. The predicted molar refractivity (Wildman–Crippen MR) is 172 cm³/mol. The Hall–Kier alpha value is -4.27. The molecule has 4 aromatic rings. The third-order valence-corrected chi connectivity index (χ3v) is 8.55. The van der Waals surface area contributed by atoms with Gasteiger partial charge in [0.1, 0.15) is 0 Å². The van der Waals surface area contributed by atoms with Gasteiger partial charge < -0.3 is 25.4 Å². The van der Waals surface area contributed by atoms with Crippen LogP contribution in [0.1, 0.15) is 34.0 Å². The number of hydrogen-bond acceptors (Lipinski definition) is 4. The Labute approximate surface area is 259 Å². The monoisotopic (exact) mass is 615 g/mol. The molecular formula is C33H31Cl2N5O3. The van der Waals surface area contributed by atoms with Crippen molar-refractivity contribution in [2.75, 3.05) is 35.2 Å². The molecule has 0 aliphatic carbocycles. The lowest BCUT2D eigenvalue weighted by Gasteiger charge is -2.44. The van der Waals surface area contributed by atoms with Crippen molar-refractivity contribution in [3.05, 3.63) is 122 Å². The third kappa shape index (κ3) is 6.71. The van der Waals surface area contributed by atoms with E-state index in [0.29, 0.717) is 53.0 Å². The van der Waals surface area contributed by atoms with Crippen molar-refractivity contribution in [3.8, 4) is 0 Å². The number of piperidine rings is 1. The largest absolute Gasteiger partial charge is 0.369 e. The van der Waals surface area contributed by atoms with E-state index in [1.165, 1.54) is 0 Å². The molecule has 2 aliphatic heterocycles. The first kappa shape index (κ1) is 28.8. The fourth-order valence-electron chi connectivity index (χ4n) is 6.04. The molecule has 8 nitrogen and oxygen atoms in total. The summed E-state index contributed by atoms with van der Waals surface area (Å²) < 4.78 is 1.90. The summed E-state index contributed by atoms with van der Waals surface area (Å²) >= 11 is 12.0. The lowest BCUT2D eigenvalue weighted by Crippen LogP contribution is -2.47.